The molecule has 39 heavy (non-hydrogen) atoms. The Morgan fingerprint density at radius 2 is 1.92 bits per heavy atom. The van der Waals surface area contributed by atoms with Crippen molar-refractivity contribution in [2.24, 2.45) is 0 Å². The molecule has 8 heteroatoms. The summed E-state index contributed by atoms with van der Waals surface area (Å²) in [6.45, 7) is 2.54. The number of ether oxygens (including phenoxy) is 2. The number of anilines is 1. The number of allylic oxidation sites excluding steroid dienone is 1. The lowest BCUT2D eigenvalue weighted by molar-refractivity contribution is -0.168. The van der Waals surface area contributed by atoms with Gasteiger partial charge >= 0.3 is 5.97 Å². The normalized spacial score (nSPS) is 26.5. The van der Waals surface area contributed by atoms with Gasteiger partial charge in [-0.25, -0.2) is 4.79 Å². The number of hydrogen-bond acceptors (Lipinski definition) is 6. The third kappa shape index (κ3) is 5.39. The highest BCUT2D eigenvalue weighted by Gasteiger charge is 2.45. The number of hydrogen-bond donors (Lipinski definition) is 1. The molecule has 2 atom stereocenters. The SMILES string of the molecule is COC(=O)[C@]1(O)CC(=O)N(C)CC/C=C/CCCN2C[C@@]3(CCCc4cc(Cl)ccc43)COc3ccc1cc32. The summed E-state index contributed by atoms with van der Waals surface area (Å²) in [7, 11) is 2.91. The molecule has 2 aromatic rings. The van der Waals surface area contributed by atoms with Gasteiger partial charge in [0.15, 0.2) is 5.60 Å². The molecule has 2 aliphatic heterocycles. The lowest BCUT2D eigenvalue weighted by Crippen LogP contribution is -2.46. The van der Waals surface area contributed by atoms with Gasteiger partial charge in [0.2, 0.25) is 5.91 Å². The molecule has 1 aliphatic carbocycles. The second-order valence-electron chi connectivity index (χ2n) is 11.1. The fraction of sp³-hybridized carbons (Fsp3) is 0.484. The summed E-state index contributed by atoms with van der Waals surface area (Å²) in [6, 6.07) is 11.5. The fourth-order valence-electron chi connectivity index (χ4n) is 6.25. The largest absolute Gasteiger partial charge is 0.490 e. The molecule has 3 aliphatic rings. The third-order valence-electron chi connectivity index (χ3n) is 8.47. The van der Waals surface area contributed by atoms with E-state index in [1.54, 1.807) is 24.1 Å². The third-order valence-corrected chi connectivity index (χ3v) is 8.70. The van der Waals surface area contributed by atoms with Crippen molar-refractivity contribution >= 4 is 29.2 Å². The van der Waals surface area contributed by atoms with E-state index >= 15 is 0 Å². The van der Waals surface area contributed by atoms with Gasteiger partial charge in [-0.2, -0.15) is 0 Å². The van der Waals surface area contributed by atoms with Crippen LogP contribution in [0.15, 0.2) is 48.6 Å². The number of aliphatic hydroxyl groups is 1. The fourth-order valence-corrected chi connectivity index (χ4v) is 6.45. The van der Waals surface area contributed by atoms with Crippen LogP contribution >= 0.6 is 11.6 Å². The molecule has 2 aromatic carbocycles. The van der Waals surface area contributed by atoms with Crippen LogP contribution in [-0.4, -0.2) is 62.3 Å². The van der Waals surface area contributed by atoms with Crippen LogP contribution in [0.25, 0.3) is 0 Å². The lowest BCUT2D eigenvalue weighted by Gasteiger charge is -2.41. The van der Waals surface area contributed by atoms with Crippen LogP contribution in [0.2, 0.25) is 5.02 Å². The van der Waals surface area contributed by atoms with E-state index < -0.39 is 18.0 Å². The van der Waals surface area contributed by atoms with E-state index in [1.807, 2.05) is 12.1 Å². The first-order valence-electron chi connectivity index (χ1n) is 13.8. The number of carbonyl (C=O) groups is 2. The molecule has 2 bridgehead atoms. The number of fused-ring (bicyclic) bond motifs is 3. The summed E-state index contributed by atoms with van der Waals surface area (Å²) < 4.78 is 11.5. The number of nitrogens with zero attached hydrogens (tertiary/aromatic N) is 2. The Bertz CT molecular complexity index is 1280. The van der Waals surface area contributed by atoms with Crippen LogP contribution in [0.4, 0.5) is 5.69 Å². The number of aryl methyl sites for hydroxylation is 1. The number of rotatable bonds is 1. The van der Waals surface area contributed by atoms with Crippen LogP contribution < -0.4 is 9.64 Å². The molecule has 208 valence electrons. The summed E-state index contributed by atoms with van der Waals surface area (Å²) in [5.41, 5.74) is 1.35. The highest BCUT2D eigenvalue weighted by atomic mass is 35.5. The van der Waals surface area contributed by atoms with Gasteiger partial charge in [-0.1, -0.05) is 35.9 Å². The van der Waals surface area contributed by atoms with Gasteiger partial charge in [0, 0.05) is 37.1 Å². The predicted molar refractivity (Wildman–Crippen MR) is 151 cm³/mol. The molecule has 1 N–H and O–H groups in total. The monoisotopic (exact) mass is 552 g/mol. The smallest absolute Gasteiger partial charge is 0.343 e. The van der Waals surface area contributed by atoms with Crippen molar-refractivity contribution in [3.8, 4) is 5.75 Å². The van der Waals surface area contributed by atoms with Gasteiger partial charge in [-0.15, -0.1) is 0 Å². The Morgan fingerprint density at radius 3 is 2.74 bits per heavy atom. The van der Waals surface area contributed by atoms with Gasteiger partial charge in [0.05, 0.1) is 25.8 Å². The van der Waals surface area contributed by atoms with Gasteiger partial charge < -0.3 is 24.4 Å². The van der Waals surface area contributed by atoms with Crippen LogP contribution in [0.3, 0.4) is 0 Å². The molecule has 0 saturated carbocycles. The quantitative estimate of drug-likeness (QED) is 0.406. The van der Waals surface area contributed by atoms with Crippen molar-refractivity contribution in [3.63, 3.8) is 0 Å². The molecule has 0 aromatic heterocycles. The van der Waals surface area contributed by atoms with Crippen molar-refractivity contribution < 1.29 is 24.2 Å². The molecule has 1 amide bonds. The number of methoxy groups -OCH3 is 1. The summed E-state index contributed by atoms with van der Waals surface area (Å²) in [5.74, 6) is -0.484. The average Bonchev–Trinajstić information content (AvgIpc) is 3.08. The Hall–Kier alpha value is -3.03. The van der Waals surface area contributed by atoms with Gasteiger partial charge in [0.25, 0.3) is 0 Å². The molecule has 2 heterocycles. The predicted octanol–water partition coefficient (Wildman–Crippen LogP) is 4.76. The Balaban J connectivity index is 1.60. The average molecular weight is 553 g/mol. The second-order valence-corrected chi connectivity index (χ2v) is 11.5. The number of carbonyl (C=O) groups excluding carboxylic acids is 2. The van der Waals surface area contributed by atoms with Gasteiger partial charge in [0.1, 0.15) is 5.75 Å². The van der Waals surface area contributed by atoms with Crippen molar-refractivity contribution in [3.05, 3.63) is 70.3 Å². The summed E-state index contributed by atoms with van der Waals surface area (Å²) >= 11 is 6.36. The van der Waals surface area contributed by atoms with Crippen LogP contribution in [0.5, 0.6) is 5.75 Å². The zero-order valence-electron chi connectivity index (χ0n) is 22.7. The Labute approximate surface area is 235 Å². The maximum Gasteiger partial charge on any atom is 0.343 e. The molecule has 0 saturated heterocycles. The maximum absolute atomic E-state index is 13.1. The molecule has 0 radical (unpaired) electrons. The van der Waals surface area contributed by atoms with E-state index in [1.165, 1.54) is 18.2 Å². The second kappa shape index (κ2) is 11.2. The summed E-state index contributed by atoms with van der Waals surface area (Å²) in [6.07, 6.45) is 9.44. The standard InChI is InChI=1S/C31H37ClN2O5/c1-33-15-6-4-3-5-7-16-34-20-30(14-8-9-22-17-24(32)11-12-25(22)30)21-39-27-13-10-23(18-26(27)34)31(37,19-28(33)35)29(36)38-2/h3-4,10-13,17-18,37H,5-9,14-16,19-21H2,1-2H3/b4-3+/t30-,31-/m0/s1. The molecule has 7 nitrogen and oxygen atoms in total. The molecule has 0 unspecified atom stereocenters. The number of halogens is 1. The maximum atomic E-state index is 13.1. The number of benzene rings is 2. The number of amides is 1. The Kier molecular flexibility index (Phi) is 7.92. The van der Waals surface area contributed by atoms with Crippen molar-refractivity contribution in [2.45, 2.75) is 56.0 Å². The van der Waals surface area contributed by atoms with Crippen molar-refractivity contribution in [1.82, 2.24) is 4.90 Å². The Morgan fingerprint density at radius 1 is 1.10 bits per heavy atom. The van der Waals surface area contributed by atoms with Crippen LogP contribution in [-0.2, 0) is 31.8 Å². The van der Waals surface area contributed by atoms with Gasteiger partial charge in [-0.05, 0) is 79.5 Å². The number of esters is 1. The summed E-state index contributed by atoms with van der Waals surface area (Å²) in [4.78, 5) is 29.9. The van der Waals surface area contributed by atoms with E-state index in [9.17, 15) is 14.7 Å². The van der Waals surface area contributed by atoms with Gasteiger partial charge in [-0.3, -0.25) is 4.79 Å². The van der Waals surface area contributed by atoms with E-state index in [0.717, 1.165) is 55.9 Å². The van der Waals surface area contributed by atoms with Crippen LogP contribution in [0, 0.1) is 0 Å². The first kappa shape index (κ1) is 27.5. The molecule has 5 rings (SSSR count). The highest BCUT2D eigenvalue weighted by molar-refractivity contribution is 6.30. The molecule has 0 fully saturated rings. The van der Waals surface area contributed by atoms with Crippen molar-refractivity contribution in [1.29, 1.82) is 0 Å². The molecular formula is C31H37ClN2O5. The van der Waals surface area contributed by atoms with E-state index in [2.05, 4.69) is 29.2 Å². The van der Waals surface area contributed by atoms with E-state index in [0.29, 0.717) is 30.9 Å². The van der Waals surface area contributed by atoms with E-state index in [-0.39, 0.29) is 11.3 Å². The lowest BCUT2D eigenvalue weighted by atomic mass is 9.70. The minimum absolute atomic E-state index is 0.215. The summed E-state index contributed by atoms with van der Waals surface area (Å²) in [5, 5.41) is 12.4. The van der Waals surface area contributed by atoms with Crippen molar-refractivity contribution in [2.75, 3.05) is 45.3 Å². The molecular weight excluding hydrogens is 516 g/mol. The zero-order chi connectivity index (χ0) is 27.6. The van der Waals surface area contributed by atoms with E-state index in [4.69, 9.17) is 21.1 Å². The molecule has 1 spiro atoms. The minimum atomic E-state index is -2.12. The zero-order valence-corrected chi connectivity index (χ0v) is 23.5. The van der Waals surface area contributed by atoms with Crippen LogP contribution in [0.1, 0.15) is 55.2 Å². The highest BCUT2D eigenvalue weighted by Crippen LogP contribution is 2.45. The first-order chi connectivity index (χ1) is 18.8. The first-order valence-corrected chi connectivity index (χ1v) is 14.1. The minimum Gasteiger partial charge on any atom is -0.490 e. The topological polar surface area (TPSA) is 79.3 Å².